The van der Waals surface area contributed by atoms with Gasteiger partial charge in [-0.3, -0.25) is 4.79 Å². The average Bonchev–Trinajstić information content (AvgIpc) is 2.40. The molecule has 0 N–H and O–H groups in total. The summed E-state index contributed by atoms with van der Waals surface area (Å²) in [5.41, 5.74) is 2.14. The molecular weight excluding hydrogens is 306 g/mol. The van der Waals surface area contributed by atoms with Gasteiger partial charge in [0.15, 0.2) is 0 Å². The van der Waals surface area contributed by atoms with Crippen LogP contribution in [0.1, 0.15) is 47.4 Å². The van der Waals surface area contributed by atoms with Gasteiger partial charge in [-0.05, 0) is 32.8 Å². The maximum atomic E-state index is 12.6. The molecule has 0 aromatic carbocycles. The van der Waals surface area contributed by atoms with Crippen LogP contribution in [0.25, 0.3) is 0 Å². The van der Waals surface area contributed by atoms with Crippen LogP contribution in [0.3, 0.4) is 0 Å². The molecule has 1 aliphatic rings. The number of aryl methyl sites for hydroxylation is 2. The molecule has 0 radical (unpaired) electrons. The van der Waals surface area contributed by atoms with Crippen LogP contribution < -0.4 is 0 Å². The highest BCUT2D eigenvalue weighted by Gasteiger charge is 2.30. The molecule has 1 aliphatic carbocycles. The average molecular weight is 326 g/mol. The Balaban J connectivity index is 2.20. The summed E-state index contributed by atoms with van der Waals surface area (Å²) in [6.45, 7) is 3.69. The summed E-state index contributed by atoms with van der Waals surface area (Å²) in [6, 6.07) is 2.10. The maximum absolute atomic E-state index is 12.6. The Bertz CT molecular complexity index is 478. The minimum Gasteiger partial charge on any atom is -0.338 e. The van der Waals surface area contributed by atoms with Gasteiger partial charge in [-0.15, -0.1) is 0 Å². The van der Waals surface area contributed by atoms with Gasteiger partial charge in [0.2, 0.25) is 0 Å². The van der Waals surface area contributed by atoms with Crippen molar-refractivity contribution in [3.8, 4) is 0 Å². The van der Waals surface area contributed by atoms with Crippen molar-refractivity contribution in [2.24, 2.45) is 0 Å². The van der Waals surface area contributed by atoms with E-state index in [2.05, 4.69) is 26.1 Å². The lowest BCUT2D eigenvalue weighted by atomic mass is 9.94. The summed E-state index contributed by atoms with van der Waals surface area (Å²) >= 11 is 3.71. The first-order valence-corrected chi connectivity index (χ1v) is 7.64. The second-order valence-electron chi connectivity index (χ2n) is 5.27. The molecule has 1 heterocycles. The van der Waals surface area contributed by atoms with Crippen LogP contribution in [0, 0.1) is 13.8 Å². The Hall–Kier alpha value is -0.970. The van der Waals surface area contributed by atoms with E-state index in [1.54, 1.807) is 0 Å². The van der Waals surface area contributed by atoms with Crippen molar-refractivity contribution in [1.29, 1.82) is 0 Å². The molecule has 5 heteroatoms. The van der Waals surface area contributed by atoms with Gasteiger partial charge in [-0.25, -0.2) is 0 Å². The van der Waals surface area contributed by atoms with E-state index < -0.39 is 0 Å². The largest absolute Gasteiger partial charge is 0.338 e. The molecule has 1 saturated carbocycles. The second-order valence-corrected chi connectivity index (χ2v) is 6.44. The Morgan fingerprint density at radius 1 is 1.32 bits per heavy atom. The normalized spacial score (nSPS) is 23.2. The van der Waals surface area contributed by atoms with Gasteiger partial charge in [-0.2, -0.15) is 10.2 Å². The smallest absolute Gasteiger partial charge is 0.255 e. The highest BCUT2D eigenvalue weighted by molar-refractivity contribution is 9.09. The van der Waals surface area contributed by atoms with Crippen LogP contribution >= 0.6 is 15.9 Å². The lowest BCUT2D eigenvalue weighted by Gasteiger charge is -2.35. The van der Waals surface area contributed by atoms with E-state index in [0.29, 0.717) is 16.1 Å². The lowest BCUT2D eigenvalue weighted by Crippen LogP contribution is -2.44. The zero-order valence-electron chi connectivity index (χ0n) is 11.7. The zero-order chi connectivity index (χ0) is 14.0. The minimum absolute atomic E-state index is 0.0480. The highest BCUT2D eigenvalue weighted by Crippen LogP contribution is 2.28. The third kappa shape index (κ3) is 3.14. The van der Waals surface area contributed by atoms with Crippen LogP contribution in [-0.2, 0) is 0 Å². The Morgan fingerprint density at radius 3 is 2.68 bits per heavy atom. The predicted octanol–water partition coefficient (Wildman–Crippen LogP) is 2.87. The van der Waals surface area contributed by atoms with Crippen molar-refractivity contribution in [3.05, 3.63) is 23.0 Å². The fraction of sp³-hybridized carbons (Fsp3) is 0.643. The van der Waals surface area contributed by atoms with Crippen LogP contribution in [0.15, 0.2) is 6.07 Å². The van der Waals surface area contributed by atoms with Gasteiger partial charge in [-0.1, -0.05) is 28.8 Å². The molecule has 1 aromatic heterocycles. The summed E-state index contributed by atoms with van der Waals surface area (Å²) in [5, 5.41) is 8.02. The zero-order valence-corrected chi connectivity index (χ0v) is 13.3. The fourth-order valence-electron chi connectivity index (χ4n) is 2.61. The molecule has 104 valence electrons. The van der Waals surface area contributed by atoms with E-state index in [1.165, 1.54) is 12.8 Å². The number of carbonyl (C=O) groups excluding carboxylic acids is 1. The van der Waals surface area contributed by atoms with Crippen molar-refractivity contribution < 1.29 is 4.79 Å². The lowest BCUT2D eigenvalue weighted by molar-refractivity contribution is 0.0703. The van der Waals surface area contributed by atoms with E-state index >= 15 is 0 Å². The monoisotopic (exact) mass is 325 g/mol. The summed E-state index contributed by atoms with van der Waals surface area (Å²) < 4.78 is 0. The first-order chi connectivity index (χ1) is 9.00. The Kier molecular flexibility index (Phi) is 4.55. The molecule has 0 aliphatic heterocycles. The van der Waals surface area contributed by atoms with Crippen LogP contribution in [0.4, 0.5) is 0 Å². The summed E-state index contributed by atoms with van der Waals surface area (Å²) in [5.74, 6) is 0.0480. The molecule has 0 spiro atoms. The number of carbonyl (C=O) groups is 1. The molecule has 0 saturated heterocycles. The third-order valence-electron chi connectivity index (χ3n) is 3.80. The van der Waals surface area contributed by atoms with Crippen molar-refractivity contribution in [2.75, 3.05) is 7.05 Å². The fourth-order valence-corrected chi connectivity index (χ4v) is 3.55. The van der Waals surface area contributed by atoms with Gasteiger partial charge >= 0.3 is 0 Å². The second kappa shape index (κ2) is 5.99. The number of hydrogen-bond acceptors (Lipinski definition) is 3. The van der Waals surface area contributed by atoms with Gasteiger partial charge in [0.05, 0.1) is 17.0 Å². The van der Waals surface area contributed by atoms with E-state index in [1.807, 2.05) is 31.9 Å². The molecule has 2 unspecified atom stereocenters. The molecule has 1 fully saturated rings. The van der Waals surface area contributed by atoms with E-state index in [4.69, 9.17) is 0 Å². The number of hydrogen-bond donors (Lipinski definition) is 0. The quantitative estimate of drug-likeness (QED) is 0.785. The van der Waals surface area contributed by atoms with Crippen LogP contribution in [-0.4, -0.2) is 38.9 Å². The van der Waals surface area contributed by atoms with Gasteiger partial charge in [0.25, 0.3) is 5.91 Å². The van der Waals surface area contributed by atoms with E-state index in [-0.39, 0.29) is 11.9 Å². The first kappa shape index (κ1) is 14.4. The number of nitrogens with zero attached hydrogens (tertiary/aromatic N) is 3. The Morgan fingerprint density at radius 2 is 2.00 bits per heavy atom. The van der Waals surface area contributed by atoms with Crippen molar-refractivity contribution >= 4 is 21.8 Å². The SMILES string of the molecule is Cc1cc(C(=O)N(C)C2CCCCC2Br)c(C)nn1. The van der Waals surface area contributed by atoms with Crippen molar-refractivity contribution in [1.82, 2.24) is 15.1 Å². The number of alkyl halides is 1. The summed E-state index contributed by atoms with van der Waals surface area (Å²) in [7, 11) is 1.89. The van der Waals surface area contributed by atoms with Gasteiger partial charge in [0.1, 0.15) is 0 Å². The molecule has 2 atom stereocenters. The number of rotatable bonds is 2. The molecule has 4 nitrogen and oxygen atoms in total. The molecule has 19 heavy (non-hydrogen) atoms. The van der Waals surface area contributed by atoms with Gasteiger partial charge in [0, 0.05) is 17.9 Å². The molecular formula is C14H20BrN3O. The van der Waals surface area contributed by atoms with E-state index in [0.717, 1.165) is 18.5 Å². The summed E-state index contributed by atoms with van der Waals surface area (Å²) in [6.07, 6.45) is 4.63. The number of amides is 1. The van der Waals surface area contributed by atoms with Crippen LogP contribution in [0.2, 0.25) is 0 Å². The van der Waals surface area contributed by atoms with Crippen molar-refractivity contribution in [2.45, 2.75) is 50.4 Å². The Labute approximate surface area is 122 Å². The maximum Gasteiger partial charge on any atom is 0.255 e. The molecule has 0 bridgehead atoms. The topological polar surface area (TPSA) is 46.1 Å². The predicted molar refractivity (Wildman–Crippen MR) is 78.6 cm³/mol. The minimum atomic E-state index is 0.0480. The molecule has 2 rings (SSSR count). The standard InChI is InChI=1S/C14H20BrN3O/c1-9-8-11(10(2)17-16-9)14(19)18(3)13-7-5-4-6-12(13)15/h8,12-13H,4-7H2,1-3H3. The molecule has 1 aromatic rings. The van der Waals surface area contributed by atoms with Crippen LogP contribution in [0.5, 0.6) is 0 Å². The number of halogens is 1. The third-order valence-corrected chi connectivity index (χ3v) is 4.86. The van der Waals surface area contributed by atoms with E-state index in [9.17, 15) is 4.79 Å². The highest BCUT2D eigenvalue weighted by atomic mass is 79.9. The van der Waals surface area contributed by atoms with Crippen molar-refractivity contribution in [3.63, 3.8) is 0 Å². The number of aromatic nitrogens is 2. The summed E-state index contributed by atoms with van der Waals surface area (Å²) in [4.78, 5) is 14.9. The first-order valence-electron chi connectivity index (χ1n) is 6.73. The molecule has 1 amide bonds. The van der Waals surface area contributed by atoms with Gasteiger partial charge < -0.3 is 4.90 Å².